The second-order valence-corrected chi connectivity index (χ2v) is 4.91. The summed E-state index contributed by atoms with van der Waals surface area (Å²) in [5.74, 6) is 0. The van der Waals surface area contributed by atoms with E-state index in [0.717, 1.165) is 6.07 Å². The van der Waals surface area contributed by atoms with Crippen LogP contribution >= 0.6 is 0 Å². The maximum absolute atomic E-state index is 13.1. The monoisotopic (exact) mass is 300 g/mol. The molecule has 1 nitrogen and oxygen atoms in total. The van der Waals surface area contributed by atoms with Crippen LogP contribution in [0.5, 0.6) is 0 Å². The molecule has 0 saturated carbocycles. The summed E-state index contributed by atoms with van der Waals surface area (Å²) >= 11 is 0. The predicted octanol–water partition coefficient (Wildman–Crippen LogP) is 5.34. The van der Waals surface area contributed by atoms with Gasteiger partial charge in [-0.05, 0) is 28.0 Å². The molecule has 0 bridgehead atoms. The van der Waals surface area contributed by atoms with Crippen LogP contribution in [0.15, 0.2) is 60.7 Å². The molecular weight excluding hydrogens is 289 g/mol. The van der Waals surface area contributed by atoms with Crippen LogP contribution in [0.3, 0.4) is 0 Å². The predicted molar refractivity (Wildman–Crippen MR) is 79.8 cm³/mol. The third-order valence-electron chi connectivity index (χ3n) is 3.61. The van der Waals surface area contributed by atoms with Gasteiger partial charge in [0, 0.05) is 5.56 Å². The molecule has 0 atom stereocenters. The first-order chi connectivity index (χ1) is 10.5. The van der Waals surface area contributed by atoms with Crippen LogP contribution < -0.4 is 0 Å². The van der Waals surface area contributed by atoms with E-state index >= 15 is 0 Å². The van der Waals surface area contributed by atoms with Gasteiger partial charge in [0.15, 0.2) is 6.29 Å². The van der Waals surface area contributed by atoms with Gasteiger partial charge in [0.25, 0.3) is 0 Å². The van der Waals surface area contributed by atoms with Crippen LogP contribution in [0.1, 0.15) is 15.9 Å². The van der Waals surface area contributed by atoms with Crippen molar-refractivity contribution in [3.63, 3.8) is 0 Å². The Morgan fingerprint density at radius 1 is 0.727 bits per heavy atom. The number of hydrogen-bond donors (Lipinski definition) is 0. The summed E-state index contributed by atoms with van der Waals surface area (Å²) in [4.78, 5) is 11.2. The molecule has 0 spiro atoms. The molecule has 3 aromatic rings. The molecule has 0 saturated heterocycles. The van der Waals surface area contributed by atoms with E-state index in [9.17, 15) is 18.0 Å². The first-order valence-corrected chi connectivity index (χ1v) is 6.66. The van der Waals surface area contributed by atoms with Crippen molar-refractivity contribution in [3.8, 4) is 11.1 Å². The average Bonchev–Trinajstić information content (AvgIpc) is 2.53. The Kier molecular flexibility index (Phi) is 3.45. The molecule has 0 amide bonds. The third kappa shape index (κ3) is 2.37. The molecule has 3 rings (SSSR count). The van der Waals surface area contributed by atoms with Crippen molar-refractivity contribution in [1.82, 2.24) is 0 Å². The topological polar surface area (TPSA) is 17.1 Å². The lowest BCUT2D eigenvalue weighted by Gasteiger charge is -2.14. The molecule has 0 fully saturated rings. The summed E-state index contributed by atoms with van der Waals surface area (Å²) in [7, 11) is 0. The van der Waals surface area contributed by atoms with Crippen LogP contribution in [-0.2, 0) is 6.18 Å². The lowest BCUT2D eigenvalue weighted by atomic mass is 9.92. The first kappa shape index (κ1) is 14.3. The van der Waals surface area contributed by atoms with E-state index in [1.165, 1.54) is 12.1 Å². The largest absolute Gasteiger partial charge is 0.417 e. The standard InChI is InChI=1S/C18H11F3O/c19-18(20,21)17-10-9-15(14-7-3-4-8-16(14)17)13-6-2-1-5-12(13)11-22/h1-11H. The molecule has 0 unspecified atom stereocenters. The van der Waals surface area contributed by atoms with Gasteiger partial charge in [0.05, 0.1) is 5.56 Å². The number of alkyl halides is 3. The van der Waals surface area contributed by atoms with E-state index in [1.54, 1.807) is 42.5 Å². The van der Waals surface area contributed by atoms with Crippen molar-refractivity contribution in [2.24, 2.45) is 0 Å². The van der Waals surface area contributed by atoms with Crippen LogP contribution in [0.4, 0.5) is 13.2 Å². The highest BCUT2D eigenvalue weighted by molar-refractivity contribution is 6.02. The number of aldehydes is 1. The molecule has 4 heteroatoms. The summed E-state index contributed by atoms with van der Waals surface area (Å²) in [5.41, 5.74) is 1.02. The highest BCUT2D eigenvalue weighted by Gasteiger charge is 2.32. The van der Waals surface area contributed by atoms with Gasteiger partial charge >= 0.3 is 6.18 Å². The lowest BCUT2D eigenvalue weighted by Crippen LogP contribution is -2.06. The van der Waals surface area contributed by atoms with Crippen molar-refractivity contribution in [3.05, 3.63) is 71.8 Å². The van der Waals surface area contributed by atoms with Crippen molar-refractivity contribution in [2.75, 3.05) is 0 Å². The Morgan fingerprint density at radius 2 is 1.36 bits per heavy atom. The van der Waals surface area contributed by atoms with Crippen molar-refractivity contribution in [1.29, 1.82) is 0 Å². The quantitative estimate of drug-likeness (QED) is 0.584. The number of benzene rings is 3. The van der Waals surface area contributed by atoms with Gasteiger partial charge in [-0.1, -0.05) is 54.6 Å². The number of carbonyl (C=O) groups excluding carboxylic acids is 1. The van der Waals surface area contributed by atoms with Crippen LogP contribution in [-0.4, -0.2) is 6.29 Å². The summed E-state index contributed by atoms with van der Waals surface area (Å²) in [6, 6.07) is 15.7. The number of hydrogen-bond acceptors (Lipinski definition) is 1. The Labute approximate surface area is 125 Å². The van der Waals surface area contributed by atoms with Crippen LogP contribution in [0.2, 0.25) is 0 Å². The molecule has 0 heterocycles. The van der Waals surface area contributed by atoms with E-state index < -0.39 is 11.7 Å². The average molecular weight is 300 g/mol. The van der Waals surface area contributed by atoms with E-state index in [2.05, 4.69) is 0 Å². The molecule has 0 radical (unpaired) electrons. The van der Waals surface area contributed by atoms with Gasteiger partial charge in [-0.15, -0.1) is 0 Å². The van der Waals surface area contributed by atoms with Gasteiger partial charge in [-0.3, -0.25) is 4.79 Å². The summed E-state index contributed by atoms with van der Waals surface area (Å²) in [6.45, 7) is 0. The van der Waals surface area contributed by atoms with E-state index in [4.69, 9.17) is 0 Å². The molecule has 0 aliphatic rings. The van der Waals surface area contributed by atoms with E-state index in [1.807, 2.05) is 0 Å². The maximum Gasteiger partial charge on any atom is 0.417 e. The summed E-state index contributed by atoms with van der Waals surface area (Å²) in [6.07, 6.45) is -3.70. The Bertz CT molecular complexity index is 850. The zero-order chi connectivity index (χ0) is 15.7. The normalized spacial score (nSPS) is 11.6. The highest BCUT2D eigenvalue weighted by Crippen LogP contribution is 2.39. The van der Waals surface area contributed by atoms with Crippen molar-refractivity contribution >= 4 is 17.1 Å². The van der Waals surface area contributed by atoms with E-state index in [0.29, 0.717) is 28.4 Å². The lowest BCUT2D eigenvalue weighted by molar-refractivity contribution is -0.136. The van der Waals surface area contributed by atoms with Gasteiger partial charge < -0.3 is 0 Å². The minimum absolute atomic E-state index is 0.133. The molecule has 3 aromatic carbocycles. The fourth-order valence-electron chi connectivity index (χ4n) is 2.63. The van der Waals surface area contributed by atoms with Gasteiger partial charge in [0.1, 0.15) is 0 Å². The van der Waals surface area contributed by atoms with Crippen LogP contribution in [0, 0.1) is 0 Å². The minimum atomic E-state index is -4.41. The Morgan fingerprint density at radius 3 is 2.05 bits per heavy atom. The molecule has 0 aromatic heterocycles. The fourth-order valence-corrected chi connectivity index (χ4v) is 2.63. The molecule has 0 aliphatic heterocycles. The second kappa shape index (κ2) is 5.30. The molecule has 0 aliphatic carbocycles. The summed E-state index contributed by atoms with van der Waals surface area (Å²) in [5, 5.41) is 0.611. The van der Waals surface area contributed by atoms with E-state index in [-0.39, 0.29) is 5.39 Å². The Balaban J connectivity index is 2.36. The third-order valence-corrected chi connectivity index (χ3v) is 3.61. The second-order valence-electron chi connectivity index (χ2n) is 4.91. The first-order valence-electron chi connectivity index (χ1n) is 6.66. The van der Waals surface area contributed by atoms with Crippen molar-refractivity contribution < 1.29 is 18.0 Å². The van der Waals surface area contributed by atoms with Gasteiger partial charge in [0.2, 0.25) is 0 Å². The number of rotatable bonds is 2. The Hall–Kier alpha value is -2.62. The minimum Gasteiger partial charge on any atom is -0.298 e. The molecular formula is C18H11F3O. The zero-order valence-electron chi connectivity index (χ0n) is 11.4. The summed E-state index contributed by atoms with van der Waals surface area (Å²) < 4.78 is 39.4. The van der Waals surface area contributed by atoms with Gasteiger partial charge in [-0.2, -0.15) is 13.2 Å². The molecule has 0 N–H and O–H groups in total. The number of fused-ring (bicyclic) bond motifs is 1. The van der Waals surface area contributed by atoms with Gasteiger partial charge in [-0.25, -0.2) is 0 Å². The maximum atomic E-state index is 13.1. The highest BCUT2D eigenvalue weighted by atomic mass is 19.4. The fraction of sp³-hybridized carbons (Fsp3) is 0.0556. The molecule has 110 valence electrons. The SMILES string of the molecule is O=Cc1ccccc1-c1ccc(C(F)(F)F)c2ccccc12. The number of halogens is 3. The number of carbonyl (C=O) groups is 1. The smallest absolute Gasteiger partial charge is 0.298 e. The zero-order valence-corrected chi connectivity index (χ0v) is 11.4. The molecule has 22 heavy (non-hydrogen) atoms. The van der Waals surface area contributed by atoms with Crippen LogP contribution in [0.25, 0.3) is 21.9 Å². The van der Waals surface area contributed by atoms with Crippen molar-refractivity contribution in [2.45, 2.75) is 6.18 Å².